The van der Waals surface area contributed by atoms with Gasteiger partial charge in [-0.05, 0) is 12.1 Å². The van der Waals surface area contributed by atoms with Gasteiger partial charge in [-0.3, -0.25) is 0 Å². The maximum Gasteiger partial charge on any atom is 0.179 e. The third kappa shape index (κ3) is 4.63. The van der Waals surface area contributed by atoms with E-state index in [4.69, 9.17) is 0 Å². The molecule has 0 radical (unpaired) electrons. The Morgan fingerprint density at radius 1 is 1.18 bits per heavy atom. The van der Waals surface area contributed by atoms with Gasteiger partial charge in [-0.25, -0.2) is 13.4 Å². The molecule has 2 aromatic rings. The first-order valence-electron chi connectivity index (χ1n) is 7.22. The third-order valence-corrected chi connectivity index (χ3v) is 6.20. The van der Waals surface area contributed by atoms with Crippen molar-refractivity contribution in [3.05, 3.63) is 46.4 Å². The fraction of sp³-hybridized carbons (Fsp3) is 0.438. The molecule has 1 aromatic carbocycles. The van der Waals surface area contributed by atoms with Crippen LogP contribution >= 0.6 is 11.3 Å². The molecule has 0 fully saturated rings. The number of aromatic nitrogens is 1. The summed E-state index contributed by atoms with van der Waals surface area (Å²) in [5.74, 6) is 0.0906. The van der Waals surface area contributed by atoms with Gasteiger partial charge in [0.2, 0.25) is 0 Å². The summed E-state index contributed by atoms with van der Waals surface area (Å²) in [7, 11) is -3.21. The van der Waals surface area contributed by atoms with E-state index in [0.29, 0.717) is 18.0 Å². The predicted octanol–water partition coefficient (Wildman–Crippen LogP) is 3.00. The molecule has 22 heavy (non-hydrogen) atoms. The number of sulfone groups is 1. The van der Waals surface area contributed by atoms with Crippen molar-refractivity contribution in [2.24, 2.45) is 0 Å². The standard InChI is InChI=1S/C16H22N2O2S2/c1-16(2,3)15-18-13(12-21-15)11-17-9-10-22(19,20)14-7-5-4-6-8-14/h4-8,12,17H,9-11H2,1-3H3. The van der Waals surface area contributed by atoms with E-state index < -0.39 is 9.84 Å². The van der Waals surface area contributed by atoms with Crippen LogP contribution in [0, 0.1) is 0 Å². The van der Waals surface area contributed by atoms with Crippen molar-refractivity contribution < 1.29 is 8.42 Å². The number of benzene rings is 1. The van der Waals surface area contributed by atoms with Crippen LogP contribution in [0.3, 0.4) is 0 Å². The normalized spacial score (nSPS) is 12.5. The van der Waals surface area contributed by atoms with Crippen molar-refractivity contribution in [3.63, 3.8) is 0 Å². The van der Waals surface area contributed by atoms with Gasteiger partial charge in [-0.1, -0.05) is 39.0 Å². The topological polar surface area (TPSA) is 59.1 Å². The molecule has 2 rings (SSSR count). The molecule has 0 atom stereocenters. The zero-order valence-corrected chi connectivity index (χ0v) is 14.8. The predicted molar refractivity (Wildman–Crippen MR) is 91.0 cm³/mol. The molecule has 0 unspecified atom stereocenters. The lowest BCUT2D eigenvalue weighted by Crippen LogP contribution is -2.23. The monoisotopic (exact) mass is 338 g/mol. The smallest absolute Gasteiger partial charge is 0.179 e. The maximum atomic E-state index is 12.1. The molecule has 1 N–H and O–H groups in total. The second kappa shape index (κ2) is 6.89. The van der Waals surface area contributed by atoms with E-state index in [-0.39, 0.29) is 11.2 Å². The van der Waals surface area contributed by atoms with Crippen LogP contribution in [0.4, 0.5) is 0 Å². The molecule has 0 aliphatic heterocycles. The third-order valence-electron chi connectivity index (χ3n) is 3.15. The molecule has 0 amide bonds. The summed E-state index contributed by atoms with van der Waals surface area (Å²) in [6, 6.07) is 8.55. The lowest BCUT2D eigenvalue weighted by molar-refractivity contribution is 0.579. The number of nitrogens with zero attached hydrogens (tertiary/aromatic N) is 1. The zero-order chi connectivity index (χ0) is 16.2. The molecule has 0 aliphatic carbocycles. The Morgan fingerprint density at radius 3 is 2.45 bits per heavy atom. The first kappa shape index (κ1) is 17.1. The Bertz CT molecular complexity index is 701. The molecule has 0 aliphatic rings. The van der Waals surface area contributed by atoms with Gasteiger partial charge < -0.3 is 5.32 Å². The van der Waals surface area contributed by atoms with Crippen LogP contribution in [0.5, 0.6) is 0 Å². The van der Waals surface area contributed by atoms with E-state index in [2.05, 4.69) is 31.1 Å². The van der Waals surface area contributed by atoms with E-state index in [1.807, 2.05) is 11.4 Å². The van der Waals surface area contributed by atoms with E-state index >= 15 is 0 Å². The molecule has 4 nitrogen and oxygen atoms in total. The largest absolute Gasteiger partial charge is 0.310 e. The molecule has 120 valence electrons. The van der Waals surface area contributed by atoms with Crippen LogP contribution < -0.4 is 5.32 Å². The van der Waals surface area contributed by atoms with Gasteiger partial charge in [-0.2, -0.15) is 0 Å². The van der Waals surface area contributed by atoms with Gasteiger partial charge in [0.1, 0.15) is 0 Å². The van der Waals surface area contributed by atoms with Crippen molar-refractivity contribution in [2.75, 3.05) is 12.3 Å². The quantitative estimate of drug-likeness (QED) is 0.823. The zero-order valence-electron chi connectivity index (χ0n) is 13.2. The first-order valence-corrected chi connectivity index (χ1v) is 9.76. The van der Waals surface area contributed by atoms with Crippen molar-refractivity contribution >= 4 is 21.2 Å². The summed E-state index contributed by atoms with van der Waals surface area (Å²) in [6.07, 6.45) is 0. The number of rotatable bonds is 6. The highest BCUT2D eigenvalue weighted by Crippen LogP contribution is 2.25. The van der Waals surface area contributed by atoms with Gasteiger partial charge in [-0.15, -0.1) is 11.3 Å². The summed E-state index contributed by atoms with van der Waals surface area (Å²) in [5.41, 5.74) is 1.02. The Morgan fingerprint density at radius 2 is 1.86 bits per heavy atom. The summed E-state index contributed by atoms with van der Waals surface area (Å²) in [5, 5.41) is 6.28. The number of hydrogen-bond donors (Lipinski definition) is 1. The molecular formula is C16H22N2O2S2. The lowest BCUT2D eigenvalue weighted by atomic mass is 9.98. The molecular weight excluding hydrogens is 316 g/mol. The van der Waals surface area contributed by atoms with E-state index in [9.17, 15) is 8.42 Å². The summed E-state index contributed by atoms with van der Waals surface area (Å²) in [6.45, 7) is 7.41. The minimum absolute atomic E-state index is 0.0551. The van der Waals surface area contributed by atoms with Crippen LogP contribution in [0.1, 0.15) is 31.5 Å². The highest BCUT2D eigenvalue weighted by atomic mass is 32.2. The van der Waals surface area contributed by atoms with Gasteiger partial charge in [0.25, 0.3) is 0 Å². The molecule has 0 saturated carbocycles. The highest BCUT2D eigenvalue weighted by Gasteiger charge is 2.18. The Kier molecular flexibility index (Phi) is 5.36. The highest BCUT2D eigenvalue weighted by molar-refractivity contribution is 7.91. The minimum atomic E-state index is -3.21. The summed E-state index contributed by atoms with van der Waals surface area (Å²) in [4.78, 5) is 4.96. The van der Waals surface area contributed by atoms with E-state index in [0.717, 1.165) is 10.7 Å². The maximum absolute atomic E-state index is 12.1. The van der Waals surface area contributed by atoms with Crippen LogP contribution in [-0.4, -0.2) is 25.7 Å². The molecule has 1 aromatic heterocycles. The van der Waals surface area contributed by atoms with E-state index in [1.165, 1.54) is 0 Å². The van der Waals surface area contributed by atoms with E-state index in [1.54, 1.807) is 35.6 Å². The summed E-state index contributed by atoms with van der Waals surface area (Å²) >= 11 is 1.65. The number of thiazole rings is 1. The van der Waals surface area contributed by atoms with Crippen molar-refractivity contribution in [2.45, 2.75) is 37.6 Å². The molecule has 0 spiro atoms. The fourth-order valence-corrected chi connectivity index (χ4v) is 4.03. The second-order valence-corrected chi connectivity index (χ2v) is 9.17. The average molecular weight is 338 g/mol. The van der Waals surface area contributed by atoms with Crippen molar-refractivity contribution in [1.29, 1.82) is 0 Å². The van der Waals surface area contributed by atoms with Gasteiger partial charge in [0.15, 0.2) is 9.84 Å². The average Bonchev–Trinajstić information content (AvgIpc) is 2.94. The summed E-state index contributed by atoms with van der Waals surface area (Å²) < 4.78 is 24.3. The second-order valence-electron chi connectivity index (χ2n) is 6.20. The minimum Gasteiger partial charge on any atom is -0.310 e. The van der Waals surface area contributed by atoms with Gasteiger partial charge >= 0.3 is 0 Å². The molecule has 6 heteroatoms. The molecule has 0 saturated heterocycles. The molecule has 1 heterocycles. The van der Waals surface area contributed by atoms with Gasteiger partial charge in [0, 0.05) is 23.9 Å². The van der Waals surface area contributed by atoms with Gasteiger partial charge in [0.05, 0.1) is 21.3 Å². The number of nitrogens with one attached hydrogen (secondary N) is 1. The van der Waals surface area contributed by atoms with Crippen LogP contribution in [0.2, 0.25) is 0 Å². The first-order chi connectivity index (χ1) is 10.3. The van der Waals surface area contributed by atoms with Crippen molar-refractivity contribution in [3.8, 4) is 0 Å². The molecule has 0 bridgehead atoms. The Hall–Kier alpha value is -1.24. The Labute approximate surface area is 136 Å². The fourth-order valence-electron chi connectivity index (χ4n) is 1.90. The van der Waals surface area contributed by atoms with Crippen LogP contribution in [-0.2, 0) is 21.8 Å². The van der Waals surface area contributed by atoms with Crippen LogP contribution in [0.15, 0.2) is 40.6 Å². The number of hydrogen-bond acceptors (Lipinski definition) is 5. The lowest BCUT2D eigenvalue weighted by Gasteiger charge is -2.13. The van der Waals surface area contributed by atoms with Crippen molar-refractivity contribution in [1.82, 2.24) is 10.3 Å². The SMILES string of the molecule is CC(C)(C)c1nc(CNCCS(=O)(=O)c2ccccc2)cs1. The Balaban J connectivity index is 1.84. The van der Waals surface area contributed by atoms with Crippen LogP contribution in [0.25, 0.3) is 0 Å².